The lowest BCUT2D eigenvalue weighted by molar-refractivity contribution is -0.133. The monoisotopic (exact) mass is 701 g/mol. The molecule has 11 nitrogen and oxygen atoms in total. The lowest BCUT2D eigenvalue weighted by atomic mass is 9.87. The third-order valence-electron chi connectivity index (χ3n) is 7.84. The van der Waals surface area contributed by atoms with Crippen LogP contribution in [-0.2, 0) is 14.3 Å². The third kappa shape index (κ3) is 8.19. The summed E-state index contributed by atoms with van der Waals surface area (Å²) in [5.74, 6) is -7.12. The normalized spacial score (nSPS) is 18.1. The molecule has 258 valence electrons. The van der Waals surface area contributed by atoms with Crippen LogP contribution in [0.2, 0.25) is 5.02 Å². The highest BCUT2D eigenvalue weighted by Crippen LogP contribution is 2.39. The first kappa shape index (κ1) is 35.3. The molecular formula is C33H32ClF4N7O4. The summed E-state index contributed by atoms with van der Waals surface area (Å²) in [6, 6.07) is 7.31. The van der Waals surface area contributed by atoms with E-state index in [4.69, 9.17) is 16.3 Å². The van der Waals surface area contributed by atoms with Crippen molar-refractivity contribution in [3.63, 3.8) is 0 Å². The second-order valence-corrected chi connectivity index (χ2v) is 13.1. The first-order valence-corrected chi connectivity index (χ1v) is 15.6. The van der Waals surface area contributed by atoms with Crippen LogP contribution in [0, 0.1) is 23.0 Å². The molecule has 1 saturated heterocycles. The maximum absolute atomic E-state index is 15.0. The van der Waals surface area contributed by atoms with Crippen molar-refractivity contribution in [3.8, 4) is 6.07 Å². The molecule has 0 bridgehead atoms. The van der Waals surface area contributed by atoms with Crippen LogP contribution in [0.3, 0.4) is 0 Å². The second kappa shape index (κ2) is 13.9. The van der Waals surface area contributed by atoms with Gasteiger partial charge in [0.15, 0.2) is 0 Å². The number of carbonyl (C=O) groups excluding carboxylic acids is 3. The summed E-state index contributed by atoms with van der Waals surface area (Å²) in [7, 11) is 0. The number of hydrogen-bond donors (Lipinski definition) is 1. The van der Waals surface area contributed by atoms with Gasteiger partial charge in [-0.2, -0.15) is 5.26 Å². The molecule has 1 aliphatic heterocycles. The average molecular weight is 702 g/mol. The Kier molecular flexibility index (Phi) is 10.0. The zero-order valence-corrected chi connectivity index (χ0v) is 27.4. The molecule has 0 spiro atoms. The van der Waals surface area contributed by atoms with Crippen molar-refractivity contribution in [2.45, 2.75) is 63.3 Å². The van der Waals surface area contributed by atoms with Gasteiger partial charge in [-0.15, -0.1) is 0 Å². The number of hydrogen-bond acceptors (Lipinski definition) is 8. The van der Waals surface area contributed by atoms with Crippen molar-refractivity contribution in [1.82, 2.24) is 20.2 Å². The Morgan fingerprint density at radius 3 is 2.39 bits per heavy atom. The van der Waals surface area contributed by atoms with Crippen LogP contribution in [0.5, 0.6) is 0 Å². The van der Waals surface area contributed by atoms with Gasteiger partial charge in [-0.25, -0.2) is 32.3 Å². The van der Waals surface area contributed by atoms with Gasteiger partial charge in [-0.1, -0.05) is 29.8 Å². The van der Waals surface area contributed by atoms with Gasteiger partial charge in [0.05, 0.1) is 12.2 Å². The van der Waals surface area contributed by atoms with Crippen molar-refractivity contribution in [1.29, 1.82) is 5.26 Å². The van der Waals surface area contributed by atoms with Crippen LogP contribution in [0.25, 0.3) is 0 Å². The molecule has 0 unspecified atom stereocenters. The van der Waals surface area contributed by atoms with E-state index in [1.807, 2.05) is 6.07 Å². The van der Waals surface area contributed by atoms with E-state index in [9.17, 15) is 32.4 Å². The van der Waals surface area contributed by atoms with Crippen LogP contribution in [-0.4, -0.2) is 76.0 Å². The van der Waals surface area contributed by atoms with E-state index in [2.05, 4.69) is 15.3 Å². The summed E-state index contributed by atoms with van der Waals surface area (Å²) in [5, 5.41) is 12.0. The van der Waals surface area contributed by atoms with Crippen molar-refractivity contribution in [2.75, 3.05) is 29.4 Å². The molecular weight excluding hydrogens is 670 g/mol. The van der Waals surface area contributed by atoms with E-state index >= 15 is 4.79 Å². The molecule has 5 rings (SSSR count). The Bertz CT molecular complexity index is 1770. The van der Waals surface area contributed by atoms with Gasteiger partial charge in [-0.3, -0.25) is 14.5 Å². The fourth-order valence-corrected chi connectivity index (χ4v) is 5.89. The average Bonchev–Trinajstić information content (AvgIpc) is 3.01. The number of nitriles is 1. The molecule has 2 heterocycles. The zero-order valence-electron chi connectivity index (χ0n) is 26.7. The molecule has 1 aromatic heterocycles. The number of nitrogens with one attached hydrogen (secondary N) is 1. The minimum absolute atomic E-state index is 0.00259. The van der Waals surface area contributed by atoms with Crippen LogP contribution in [0.15, 0.2) is 54.7 Å². The quantitative estimate of drug-likeness (QED) is 0.325. The molecule has 2 fully saturated rings. The lowest BCUT2D eigenvalue weighted by Crippen LogP contribution is -2.63. The van der Waals surface area contributed by atoms with Gasteiger partial charge < -0.3 is 19.9 Å². The number of anilines is 2. The standard InChI is InChI=1S/C33H32ClF4N7O4/c1-32(2,3)49-31(48)43-10-11-44(30-40-9-8-21(17-39)42-30)26(18-43)29(47)45(23-13-19(35)12-20(36)14-23)27(24-6-4-5-7-25(24)34)28(46)41-22-15-33(37,38)16-22/h4-9,12-14,22,26-27H,10-11,15-16,18H2,1-3H3,(H,41,46)/t26-,27-/m0/s1. The Labute approximate surface area is 284 Å². The molecule has 0 radical (unpaired) electrons. The smallest absolute Gasteiger partial charge is 0.410 e. The van der Waals surface area contributed by atoms with Crippen LogP contribution >= 0.6 is 11.6 Å². The summed E-state index contributed by atoms with van der Waals surface area (Å²) < 4.78 is 62.7. The van der Waals surface area contributed by atoms with Crippen molar-refractivity contribution < 1.29 is 36.7 Å². The second-order valence-electron chi connectivity index (χ2n) is 12.7. The Hall–Kier alpha value is -4.97. The van der Waals surface area contributed by atoms with Gasteiger partial charge in [0, 0.05) is 54.8 Å². The van der Waals surface area contributed by atoms with E-state index < -0.39 is 77.7 Å². The Balaban J connectivity index is 1.65. The molecule has 2 atom stereocenters. The maximum Gasteiger partial charge on any atom is 0.410 e. The first-order chi connectivity index (χ1) is 23.0. The maximum atomic E-state index is 15.0. The van der Waals surface area contributed by atoms with Gasteiger partial charge in [0.2, 0.25) is 11.9 Å². The molecule has 1 N–H and O–H groups in total. The third-order valence-corrected chi connectivity index (χ3v) is 8.18. The number of nitrogens with zero attached hydrogens (tertiary/aromatic N) is 6. The Morgan fingerprint density at radius 2 is 1.78 bits per heavy atom. The van der Waals surface area contributed by atoms with Gasteiger partial charge in [0.25, 0.3) is 11.8 Å². The summed E-state index contributed by atoms with van der Waals surface area (Å²) >= 11 is 6.54. The molecule has 16 heteroatoms. The zero-order chi connectivity index (χ0) is 35.7. The number of carbonyl (C=O) groups is 3. The highest BCUT2D eigenvalue weighted by Gasteiger charge is 2.48. The van der Waals surface area contributed by atoms with Crippen molar-refractivity contribution in [2.24, 2.45) is 0 Å². The van der Waals surface area contributed by atoms with Gasteiger partial charge in [0.1, 0.15) is 41.1 Å². The summed E-state index contributed by atoms with van der Waals surface area (Å²) in [6.45, 7) is 4.59. The number of rotatable bonds is 7. The number of ether oxygens (including phenoxy) is 1. The fourth-order valence-electron chi connectivity index (χ4n) is 5.66. The minimum atomic E-state index is -3.00. The van der Waals surface area contributed by atoms with Gasteiger partial charge in [-0.05, 0) is 45.0 Å². The highest BCUT2D eigenvalue weighted by molar-refractivity contribution is 6.31. The number of benzene rings is 2. The lowest BCUT2D eigenvalue weighted by Gasteiger charge is -2.44. The minimum Gasteiger partial charge on any atom is -0.444 e. The molecule has 2 aromatic carbocycles. The topological polar surface area (TPSA) is 132 Å². The summed E-state index contributed by atoms with van der Waals surface area (Å²) in [5.41, 5.74) is -1.29. The fraction of sp³-hybridized carbons (Fsp3) is 0.394. The predicted octanol–water partition coefficient (Wildman–Crippen LogP) is 5.39. The van der Waals surface area contributed by atoms with E-state index in [0.29, 0.717) is 6.07 Å². The first-order valence-electron chi connectivity index (χ1n) is 15.2. The Morgan fingerprint density at radius 1 is 1.10 bits per heavy atom. The predicted molar refractivity (Wildman–Crippen MR) is 170 cm³/mol. The number of piperazine rings is 1. The van der Waals surface area contributed by atoms with E-state index in [0.717, 1.165) is 17.0 Å². The molecule has 3 amide bonds. The molecule has 2 aliphatic rings. The number of aromatic nitrogens is 2. The van der Waals surface area contributed by atoms with Crippen molar-refractivity contribution >= 4 is 41.1 Å². The SMILES string of the molecule is CC(C)(C)OC(=O)N1CCN(c2nccc(C#N)n2)[C@H](C(=O)N(c2cc(F)cc(F)c2)[C@H](C(=O)NC2CC(F)(F)C2)c2ccccc2Cl)C1. The van der Waals surface area contributed by atoms with E-state index in [1.165, 1.54) is 40.3 Å². The van der Waals surface area contributed by atoms with E-state index in [1.54, 1.807) is 26.8 Å². The molecule has 3 aromatic rings. The van der Waals surface area contributed by atoms with Crippen molar-refractivity contribution in [3.05, 3.63) is 82.6 Å². The molecule has 1 saturated carbocycles. The summed E-state index contributed by atoms with van der Waals surface area (Å²) in [6.07, 6.45) is -0.753. The van der Waals surface area contributed by atoms with Crippen LogP contribution in [0.1, 0.15) is 50.9 Å². The van der Waals surface area contributed by atoms with E-state index in [-0.39, 0.29) is 41.9 Å². The molecule has 49 heavy (non-hydrogen) atoms. The van der Waals surface area contributed by atoms with Crippen LogP contribution in [0.4, 0.5) is 34.0 Å². The van der Waals surface area contributed by atoms with Crippen LogP contribution < -0.4 is 15.1 Å². The largest absolute Gasteiger partial charge is 0.444 e. The van der Waals surface area contributed by atoms with Gasteiger partial charge >= 0.3 is 6.09 Å². The highest BCUT2D eigenvalue weighted by atomic mass is 35.5. The number of amides is 3. The summed E-state index contributed by atoms with van der Waals surface area (Å²) in [4.78, 5) is 54.2. The molecule has 1 aliphatic carbocycles. The number of alkyl halides is 2. The number of halogens is 5.